The summed E-state index contributed by atoms with van der Waals surface area (Å²) in [6.45, 7) is 4.95. The van der Waals surface area contributed by atoms with Crippen molar-refractivity contribution in [2.75, 3.05) is 13.2 Å². The number of esters is 1. The van der Waals surface area contributed by atoms with Gasteiger partial charge in [0.2, 0.25) is 5.91 Å². The first-order chi connectivity index (χ1) is 33.5. The summed E-state index contributed by atoms with van der Waals surface area (Å²) in [6, 6.07) is -0.545. The van der Waals surface area contributed by atoms with Crippen molar-refractivity contribution in [1.82, 2.24) is 5.32 Å². The largest absolute Gasteiger partial charge is 0.466 e. The third kappa shape index (κ3) is 53.9. The quantitative estimate of drug-likeness (QED) is 0.0321. The van der Waals surface area contributed by atoms with E-state index in [9.17, 15) is 19.8 Å². The Kier molecular flexibility index (Phi) is 57.0. The maximum Gasteiger partial charge on any atom is 0.305 e. The Balaban J connectivity index is 3.41. The van der Waals surface area contributed by atoms with E-state index in [1.807, 2.05) is 0 Å². The van der Waals surface area contributed by atoms with Crippen LogP contribution in [-0.4, -0.2) is 47.4 Å². The van der Waals surface area contributed by atoms with E-state index in [2.05, 4.69) is 31.3 Å². The molecule has 3 N–H and O–H groups in total. The number of ether oxygens (including phenoxy) is 1. The first-order valence-corrected chi connectivity index (χ1v) is 30.9. The van der Waals surface area contributed by atoms with Crippen LogP contribution < -0.4 is 5.32 Å². The number of hydrogen-bond acceptors (Lipinski definition) is 5. The van der Waals surface area contributed by atoms with Gasteiger partial charge >= 0.3 is 5.97 Å². The fourth-order valence-electron chi connectivity index (χ4n) is 9.81. The molecule has 2 atom stereocenters. The molecule has 0 aromatic rings. The van der Waals surface area contributed by atoms with Crippen LogP contribution in [0.4, 0.5) is 0 Å². The van der Waals surface area contributed by atoms with E-state index in [0.717, 1.165) is 44.9 Å². The van der Waals surface area contributed by atoms with Crippen molar-refractivity contribution in [2.24, 2.45) is 0 Å². The number of hydrogen-bond donors (Lipinski definition) is 3. The summed E-state index contributed by atoms with van der Waals surface area (Å²) in [5, 5.41) is 23.4. The molecule has 0 aliphatic heterocycles. The number of carbonyl (C=O) groups is 2. The summed E-state index contributed by atoms with van der Waals surface area (Å²) < 4.78 is 5.47. The van der Waals surface area contributed by atoms with Gasteiger partial charge in [0.25, 0.3) is 0 Å². The smallest absolute Gasteiger partial charge is 0.305 e. The maximum absolute atomic E-state index is 12.5. The molecule has 0 saturated carbocycles. The molecule has 0 bridgehead atoms. The SMILES string of the molecule is CCCCCC/C=C\CCCCCCCC(=O)OCCCCCCCCCCCCCCCCCCCCC(=O)NC(CO)C(O)CCCCCCCCCCCCCCCCCCCCCC. The van der Waals surface area contributed by atoms with Crippen molar-refractivity contribution in [2.45, 2.75) is 360 Å². The van der Waals surface area contributed by atoms with Gasteiger partial charge in [0.1, 0.15) is 0 Å². The summed E-state index contributed by atoms with van der Waals surface area (Å²) in [5.74, 6) is -0.0364. The second kappa shape index (κ2) is 58.2. The van der Waals surface area contributed by atoms with Crippen molar-refractivity contribution < 1.29 is 24.5 Å². The van der Waals surface area contributed by atoms with Crippen LogP contribution in [0.3, 0.4) is 0 Å². The lowest BCUT2D eigenvalue weighted by atomic mass is 10.0. The monoisotopic (exact) mass is 960 g/mol. The number of amides is 1. The van der Waals surface area contributed by atoms with E-state index in [0.29, 0.717) is 25.9 Å². The number of rotatable bonds is 58. The van der Waals surface area contributed by atoms with Crippen LogP contribution in [0.2, 0.25) is 0 Å². The number of carbonyl (C=O) groups excluding carboxylic acids is 2. The Morgan fingerprint density at radius 1 is 0.397 bits per heavy atom. The van der Waals surface area contributed by atoms with Gasteiger partial charge in [-0.05, 0) is 51.4 Å². The zero-order valence-corrected chi connectivity index (χ0v) is 46.1. The molecule has 0 aliphatic rings. The molecule has 1 amide bonds. The molecule has 6 nitrogen and oxygen atoms in total. The van der Waals surface area contributed by atoms with Crippen molar-refractivity contribution >= 4 is 11.9 Å². The third-order valence-electron chi connectivity index (χ3n) is 14.6. The summed E-state index contributed by atoms with van der Waals surface area (Å²) >= 11 is 0. The average molecular weight is 961 g/mol. The molecule has 0 fully saturated rings. The summed E-state index contributed by atoms with van der Waals surface area (Å²) in [6.07, 6.45) is 69.3. The Morgan fingerprint density at radius 3 is 1.06 bits per heavy atom. The Hall–Kier alpha value is -1.40. The zero-order chi connectivity index (χ0) is 49.3. The highest BCUT2D eigenvalue weighted by Gasteiger charge is 2.20. The molecule has 0 rings (SSSR count). The molecule has 404 valence electrons. The van der Waals surface area contributed by atoms with Gasteiger partial charge in [-0.3, -0.25) is 9.59 Å². The summed E-state index contributed by atoms with van der Waals surface area (Å²) in [5.41, 5.74) is 0. The van der Waals surface area contributed by atoms with E-state index in [1.165, 1.54) is 270 Å². The van der Waals surface area contributed by atoms with Crippen LogP contribution in [0.25, 0.3) is 0 Å². The van der Waals surface area contributed by atoms with E-state index in [1.54, 1.807) is 0 Å². The van der Waals surface area contributed by atoms with Gasteiger partial charge in [-0.25, -0.2) is 0 Å². The highest BCUT2D eigenvalue weighted by Crippen LogP contribution is 2.18. The highest BCUT2D eigenvalue weighted by molar-refractivity contribution is 5.76. The molecule has 0 aliphatic carbocycles. The molecule has 68 heavy (non-hydrogen) atoms. The van der Waals surface area contributed by atoms with Crippen LogP contribution >= 0.6 is 0 Å². The number of aliphatic hydroxyl groups is 2. The number of aliphatic hydroxyl groups excluding tert-OH is 2. The molecular formula is C62H121NO5. The van der Waals surface area contributed by atoms with Gasteiger partial charge in [0, 0.05) is 12.8 Å². The molecule has 0 spiro atoms. The predicted octanol–water partition coefficient (Wildman–Crippen LogP) is 19.2. The lowest BCUT2D eigenvalue weighted by Gasteiger charge is -2.22. The van der Waals surface area contributed by atoms with Crippen molar-refractivity contribution in [3.05, 3.63) is 12.2 Å². The Bertz CT molecular complexity index is 1020. The first-order valence-electron chi connectivity index (χ1n) is 30.9. The van der Waals surface area contributed by atoms with Crippen LogP contribution in [0.15, 0.2) is 12.2 Å². The Morgan fingerprint density at radius 2 is 0.691 bits per heavy atom. The van der Waals surface area contributed by atoms with Crippen molar-refractivity contribution in [3.8, 4) is 0 Å². The molecule has 2 unspecified atom stereocenters. The lowest BCUT2D eigenvalue weighted by molar-refractivity contribution is -0.143. The number of unbranched alkanes of at least 4 members (excludes halogenated alkanes) is 45. The predicted molar refractivity (Wildman–Crippen MR) is 297 cm³/mol. The molecule has 6 heteroatoms. The molecule has 0 aromatic heterocycles. The van der Waals surface area contributed by atoms with E-state index >= 15 is 0 Å². The molecule has 0 saturated heterocycles. The molecule has 0 aromatic carbocycles. The summed E-state index contributed by atoms with van der Waals surface area (Å²) in [7, 11) is 0. The van der Waals surface area contributed by atoms with E-state index in [-0.39, 0.29) is 18.5 Å². The van der Waals surface area contributed by atoms with Crippen molar-refractivity contribution in [1.29, 1.82) is 0 Å². The second-order valence-corrected chi connectivity index (χ2v) is 21.4. The van der Waals surface area contributed by atoms with Gasteiger partial charge < -0.3 is 20.3 Å². The zero-order valence-electron chi connectivity index (χ0n) is 46.1. The van der Waals surface area contributed by atoms with Gasteiger partial charge in [-0.2, -0.15) is 0 Å². The second-order valence-electron chi connectivity index (χ2n) is 21.4. The fourth-order valence-corrected chi connectivity index (χ4v) is 9.81. The third-order valence-corrected chi connectivity index (χ3v) is 14.6. The number of allylic oxidation sites excluding steroid dienone is 2. The summed E-state index contributed by atoms with van der Waals surface area (Å²) in [4.78, 5) is 24.5. The van der Waals surface area contributed by atoms with E-state index in [4.69, 9.17) is 4.74 Å². The molecular weight excluding hydrogens is 839 g/mol. The van der Waals surface area contributed by atoms with Crippen LogP contribution in [0, 0.1) is 0 Å². The van der Waals surface area contributed by atoms with Gasteiger partial charge in [-0.1, -0.05) is 296 Å². The normalized spacial score (nSPS) is 12.6. The minimum Gasteiger partial charge on any atom is -0.466 e. The van der Waals surface area contributed by atoms with Crippen LogP contribution in [0.1, 0.15) is 348 Å². The van der Waals surface area contributed by atoms with E-state index < -0.39 is 12.1 Å². The van der Waals surface area contributed by atoms with Crippen LogP contribution in [0.5, 0.6) is 0 Å². The highest BCUT2D eigenvalue weighted by atomic mass is 16.5. The number of nitrogens with one attached hydrogen (secondary N) is 1. The van der Waals surface area contributed by atoms with Gasteiger partial charge in [-0.15, -0.1) is 0 Å². The standard InChI is InChI=1S/C62H121NO5/c1-3-5-7-9-11-13-15-17-18-19-20-21-24-27-31-34-38-42-46-50-54-60(65)59(58-64)63-61(66)55-51-47-43-39-35-32-28-25-22-23-26-29-33-37-41-45-49-53-57-68-62(67)56-52-48-44-40-36-30-16-14-12-10-8-6-4-2/h14,16,59-60,64-65H,3-13,15,17-58H2,1-2H3,(H,63,66)/b16-14-. The minimum atomic E-state index is -0.667. The van der Waals surface area contributed by atoms with Gasteiger partial charge in [0.15, 0.2) is 0 Å². The average Bonchev–Trinajstić information content (AvgIpc) is 3.34. The lowest BCUT2D eigenvalue weighted by Crippen LogP contribution is -2.45. The Labute approximate surface area is 425 Å². The van der Waals surface area contributed by atoms with Gasteiger partial charge in [0.05, 0.1) is 25.4 Å². The minimum absolute atomic E-state index is 0.00100. The van der Waals surface area contributed by atoms with Crippen molar-refractivity contribution in [3.63, 3.8) is 0 Å². The molecule has 0 radical (unpaired) electrons. The topological polar surface area (TPSA) is 95.9 Å². The maximum atomic E-state index is 12.5. The molecule has 0 heterocycles. The first kappa shape index (κ1) is 66.6. The fraction of sp³-hybridized carbons (Fsp3) is 0.935. The van der Waals surface area contributed by atoms with Crippen LogP contribution in [-0.2, 0) is 14.3 Å².